The highest BCUT2D eigenvalue weighted by Gasteiger charge is 2.32. The predicted molar refractivity (Wildman–Crippen MR) is 121 cm³/mol. The lowest BCUT2D eigenvalue weighted by atomic mass is 9.92. The first-order valence-corrected chi connectivity index (χ1v) is 12.2. The van der Waals surface area contributed by atoms with E-state index in [0.29, 0.717) is 25.0 Å². The van der Waals surface area contributed by atoms with Gasteiger partial charge in [0.15, 0.2) is 6.29 Å². The largest absolute Gasteiger partial charge is 0.481 e. The Morgan fingerprint density at radius 3 is 2.81 bits per heavy atom. The van der Waals surface area contributed by atoms with E-state index in [0.717, 1.165) is 58.0 Å². The van der Waals surface area contributed by atoms with Crippen LogP contribution in [-0.2, 0) is 19.1 Å². The summed E-state index contributed by atoms with van der Waals surface area (Å²) in [6, 6.07) is 0. The Kier molecular flexibility index (Phi) is 11.9. The lowest BCUT2D eigenvalue weighted by Crippen LogP contribution is -2.27. The number of carbonyl (C=O) groups is 2. The van der Waals surface area contributed by atoms with Crippen LogP contribution in [0.1, 0.15) is 90.9 Å². The number of carbonyl (C=O) groups excluding carboxylic acids is 1. The zero-order valence-corrected chi connectivity index (χ0v) is 19.3. The van der Waals surface area contributed by atoms with E-state index in [2.05, 4.69) is 18.8 Å². The second-order valence-electron chi connectivity index (χ2n) is 8.95. The number of rotatable bonds is 12. The molecule has 0 spiro atoms. The Hall–Kier alpha value is -1.64. The maximum absolute atomic E-state index is 12.4. The lowest BCUT2D eigenvalue weighted by Gasteiger charge is -2.25. The third-order valence-electron chi connectivity index (χ3n) is 6.30. The Morgan fingerprint density at radius 1 is 1.26 bits per heavy atom. The molecule has 0 radical (unpaired) electrons. The molecule has 0 aromatic carbocycles. The fourth-order valence-electron chi connectivity index (χ4n) is 4.16. The van der Waals surface area contributed by atoms with Gasteiger partial charge in [0.1, 0.15) is 11.9 Å². The van der Waals surface area contributed by atoms with Gasteiger partial charge in [0, 0.05) is 24.9 Å². The van der Waals surface area contributed by atoms with Crippen LogP contribution in [0.15, 0.2) is 12.2 Å². The minimum Gasteiger partial charge on any atom is -0.481 e. The van der Waals surface area contributed by atoms with E-state index in [1.165, 1.54) is 6.42 Å². The number of allylic oxidation sites excluding steroid dienone is 2. The van der Waals surface area contributed by atoms with E-state index in [9.17, 15) is 9.59 Å². The van der Waals surface area contributed by atoms with Crippen molar-refractivity contribution in [1.29, 1.82) is 0 Å². The molecule has 1 aliphatic carbocycles. The molecule has 1 saturated carbocycles. The van der Waals surface area contributed by atoms with Crippen molar-refractivity contribution in [1.82, 2.24) is 0 Å². The maximum atomic E-state index is 12.4. The molecule has 0 aromatic heterocycles. The Labute approximate surface area is 188 Å². The van der Waals surface area contributed by atoms with Crippen molar-refractivity contribution in [3.05, 3.63) is 12.2 Å². The molecule has 1 aliphatic heterocycles. The molecule has 2 aliphatic rings. The summed E-state index contributed by atoms with van der Waals surface area (Å²) in [5.74, 6) is 5.97. The van der Waals surface area contributed by atoms with E-state index < -0.39 is 5.97 Å². The Balaban J connectivity index is 1.90. The zero-order valence-electron chi connectivity index (χ0n) is 19.3. The molecule has 1 heterocycles. The van der Waals surface area contributed by atoms with Crippen LogP contribution in [0.25, 0.3) is 0 Å². The van der Waals surface area contributed by atoms with Gasteiger partial charge < -0.3 is 14.6 Å². The van der Waals surface area contributed by atoms with Gasteiger partial charge in [-0.05, 0) is 57.8 Å². The standard InChI is InChI=1S/C26H40O5/c1-3-4-6-12-22(31-25-14-9-10-19-30-25)17-15-21-16-18-24(27)23(21)13-8-5-7-11-20(2)26(28)29/h5,8,20-23,25H,3-4,6-7,9-14,16,18-19H2,1-2H3,(H,28,29)/t20?,21-,22-,23+,25?/m0/s1. The van der Waals surface area contributed by atoms with Crippen LogP contribution < -0.4 is 0 Å². The number of carboxylic acid groups (broad SMARTS) is 1. The van der Waals surface area contributed by atoms with Crippen molar-refractivity contribution in [2.45, 2.75) is 103 Å². The van der Waals surface area contributed by atoms with Crippen molar-refractivity contribution in [3.8, 4) is 11.8 Å². The molecular weight excluding hydrogens is 392 g/mol. The van der Waals surface area contributed by atoms with Gasteiger partial charge in [-0.2, -0.15) is 0 Å². The normalized spacial score (nSPS) is 25.9. The summed E-state index contributed by atoms with van der Waals surface area (Å²) in [4.78, 5) is 23.3. The van der Waals surface area contributed by atoms with Gasteiger partial charge in [-0.3, -0.25) is 9.59 Å². The van der Waals surface area contributed by atoms with E-state index >= 15 is 0 Å². The number of unbranched alkanes of at least 4 members (excludes halogenated alkanes) is 2. The van der Waals surface area contributed by atoms with Gasteiger partial charge >= 0.3 is 5.97 Å². The monoisotopic (exact) mass is 432 g/mol. The second kappa shape index (κ2) is 14.4. The number of ether oxygens (including phenoxy) is 2. The first kappa shape index (κ1) is 25.6. The topological polar surface area (TPSA) is 72.8 Å². The minimum absolute atomic E-state index is 0.0529. The Bertz CT molecular complexity index is 638. The van der Waals surface area contributed by atoms with E-state index in [1.807, 2.05) is 12.2 Å². The van der Waals surface area contributed by atoms with Gasteiger partial charge in [0.2, 0.25) is 0 Å². The molecule has 1 saturated heterocycles. The van der Waals surface area contributed by atoms with Crippen molar-refractivity contribution >= 4 is 11.8 Å². The van der Waals surface area contributed by atoms with Crippen molar-refractivity contribution in [2.24, 2.45) is 17.8 Å². The van der Waals surface area contributed by atoms with Crippen molar-refractivity contribution < 1.29 is 24.2 Å². The molecule has 0 bridgehead atoms. The fourth-order valence-corrected chi connectivity index (χ4v) is 4.16. The average Bonchev–Trinajstić information content (AvgIpc) is 3.11. The average molecular weight is 433 g/mol. The van der Waals surface area contributed by atoms with Crippen LogP contribution in [0.2, 0.25) is 0 Å². The molecular formula is C26H40O5. The van der Waals surface area contributed by atoms with E-state index in [1.54, 1.807) is 6.92 Å². The highest BCUT2D eigenvalue weighted by molar-refractivity contribution is 5.84. The summed E-state index contributed by atoms with van der Waals surface area (Å²) in [6.07, 6.45) is 14.7. The van der Waals surface area contributed by atoms with Crippen LogP contribution in [-0.4, -0.2) is 35.9 Å². The van der Waals surface area contributed by atoms with Crippen LogP contribution in [0.4, 0.5) is 0 Å². The maximum Gasteiger partial charge on any atom is 0.306 e. The molecule has 2 fully saturated rings. The van der Waals surface area contributed by atoms with Gasteiger partial charge in [0.05, 0.1) is 5.92 Å². The van der Waals surface area contributed by atoms with Crippen LogP contribution in [0.5, 0.6) is 0 Å². The zero-order chi connectivity index (χ0) is 22.5. The van der Waals surface area contributed by atoms with Crippen LogP contribution in [0.3, 0.4) is 0 Å². The van der Waals surface area contributed by atoms with Gasteiger partial charge in [-0.25, -0.2) is 0 Å². The molecule has 0 amide bonds. The predicted octanol–water partition coefficient (Wildman–Crippen LogP) is 5.52. The Morgan fingerprint density at radius 2 is 2.10 bits per heavy atom. The first-order valence-electron chi connectivity index (χ1n) is 12.2. The number of carboxylic acids is 1. The third-order valence-corrected chi connectivity index (χ3v) is 6.30. The number of hydrogen-bond donors (Lipinski definition) is 1. The van der Waals surface area contributed by atoms with Crippen molar-refractivity contribution in [3.63, 3.8) is 0 Å². The summed E-state index contributed by atoms with van der Waals surface area (Å²) in [7, 11) is 0. The number of ketones is 1. The molecule has 5 heteroatoms. The molecule has 2 rings (SSSR count). The lowest BCUT2D eigenvalue weighted by molar-refractivity contribution is -0.177. The summed E-state index contributed by atoms with van der Waals surface area (Å²) in [5, 5.41) is 8.95. The molecule has 1 N–H and O–H groups in total. The highest BCUT2D eigenvalue weighted by Crippen LogP contribution is 2.31. The highest BCUT2D eigenvalue weighted by atomic mass is 16.7. The van der Waals surface area contributed by atoms with E-state index in [4.69, 9.17) is 14.6 Å². The first-order chi connectivity index (χ1) is 15.0. The minimum atomic E-state index is -0.760. The molecule has 31 heavy (non-hydrogen) atoms. The van der Waals surface area contributed by atoms with Crippen LogP contribution in [0, 0.1) is 29.6 Å². The molecule has 0 aromatic rings. The summed E-state index contributed by atoms with van der Waals surface area (Å²) >= 11 is 0. The fraction of sp³-hybridized carbons (Fsp3) is 0.769. The number of aliphatic carboxylic acids is 1. The summed E-state index contributed by atoms with van der Waals surface area (Å²) in [5.41, 5.74) is 0. The van der Waals surface area contributed by atoms with Gasteiger partial charge in [-0.1, -0.05) is 50.7 Å². The smallest absolute Gasteiger partial charge is 0.306 e. The number of hydrogen-bond acceptors (Lipinski definition) is 4. The van der Waals surface area contributed by atoms with Crippen molar-refractivity contribution in [2.75, 3.05) is 6.61 Å². The van der Waals surface area contributed by atoms with Crippen LogP contribution >= 0.6 is 0 Å². The van der Waals surface area contributed by atoms with Gasteiger partial charge in [0.25, 0.3) is 0 Å². The summed E-state index contributed by atoms with van der Waals surface area (Å²) < 4.78 is 11.9. The third kappa shape index (κ3) is 9.58. The molecule has 174 valence electrons. The number of Topliss-reactive ketones (excluding diaryl/α,β-unsaturated/α-hetero) is 1. The summed E-state index contributed by atoms with van der Waals surface area (Å²) in [6.45, 7) is 4.67. The molecule has 5 nitrogen and oxygen atoms in total. The molecule has 5 atom stereocenters. The van der Waals surface area contributed by atoms with Gasteiger partial charge in [-0.15, -0.1) is 0 Å². The molecule has 2 unspecified atom stereocenters. The van der Waals surface area contributed by atoms with E-state index in [-0.39, 0.29) is 30.1 Å². The SMILES string of the molecule is CCCCC[C@@H](C#C[C@H]1CCC(=O)[C@@H]1CC=CCCC(C)C(=O)O)OC1CCCCO1. The quantitative estimate of drug-likeness (QED) is 0.250. The second-order valence-corrected chi connectivity index (χ2v) is 8.95.